The standard InChI is InChI=1S/C9H7Cl2O/c10-7-2-1-3-8(9(7)11)12-6-4-5-6/h1-3H,4-5H2. The highest BCUT2D eigenvalue weighted by atomic mass is 35.5. The molecule has 0 unspecified atom stereocenters. The van der Waals surface area contributed by atoms with E-state index in [0.29, 0.717) is 15.8 Å². The molecule has 0 bridgehead atoms. The normalized spacial score (nSPS) is 16.2. The lowest BCUT2D eigenvalue weighted by atomic mass is 10.3. The minimum absolute atomic E-state index is 0.499. The summed E-state index contributed by atoms with van der Waals surface area (Å²) in [6.45, 7) is 0. The third-order valence-corrected chi connectivity index (χ3v) is 2.43. The monoisotopic (exact) mass is 201 g/mol. The summed E-state index contributed by atoms with van der Waals surface area (Å²) < 4.78 is 5.44. The lowest BCUT2D eigenvalue weighted by molar-refractivity contribution is 0.393. The summed E-state index contributed by atoms with van der Waals surface area (Å²) in [5, 5.41) is 1.04. The molecule has 0 amide bonds. The van der Waals surface area contributed by atoms with Crippen molar-refractivity contribution in [2.75, 3.05) is 0 Å². The van der Waals surface area contributed by atoms with Crippen molar-refractivity contribution < 1.29 is 4.74 Å². The molecule has 1 aliphatic carbocycles. The van der Waals surface area contributed by atoms with Crippen molar-refractivity contribution in [3.8, 4) is 5.75 Å². The van der Waals surface area contributed by atoms with Crippen LogP contribution >= 0.6 is 23.2 Å². The maximum absolute atomic E-state index is 5.89. The first-order chi connectivity index (χ1) is 5.77. The summed E-state index contributed by atoms with van der Waals surface area (Å²) in [4.78, 5) is 0. The van der Waals surface area contributed by atoms with Gasteiger partial charge in [0, 0.05) is 0 Å². The van der Waals surface area contributed by atoms with Crippen LogP contribution in [0.3, 0.4) is 0 Å². The molecular formula is C9H7Cl2O. The smallest absolute Gasteiger partial charge is 0.149 e. The molecular weight excluding hydrogens is 195 g/mol. The number of benzene rings is 1. The molecule has 1 radical (unpaired) electrons. The van der Waals surface area contributed by atoms with E-state index in [4.69, 9.17) is 27.9 Å². The van der Waals surface area contributed by atoms with E-state index in [1.165, 1.54) is 0 Å². The van der Waals surface area contributed by atoms with E-state index < -0.39 is 0 Å². The predicted octanol–water partition coefficient (Wildman–Crippen LogP) is 3.70. The van der Waals surface area contributed by atoms with Crippen molar-refractivity contribution in [3.63, 3.8) is 0 Å². The van der Waals surface area contributed by atoms with Crippen molar-refractivity contribution in [1.82, 2.24) is 0 Å². The molecule has 1 nitrogen and oxygen atoms in total. The van der Waals surface area contributed by atoms with Gasteiger partial charge in [0.15, 0.2) is 0 Å². The molecule has 1 aliphatic rings. The molecule has 3 heteroatoms. The summed E-state index contributed by atoms with van der Waals surface area (Å²) >= 11 is 11.7. The number of ether oxygens (including phenoxy) is 1. The quantitative estimate of drug-likeness (QED) is 0.710. The number of halogens is 2. The molecule has 0 atom stereocenters. The highest BCUT2D eigenvalue weighted by Crippen LogP contribution is 2.39. The first kappa shape index (κ1) is 8.21. The minimum atomic E-state index is 0.499. The summed E-state index contributed by atoms with van der Waals surface area (Å²) in [5.41, 5.74) is 0. The molecule has 12 heavy (non-hydrogen) atoms. The van der Waals surface area contributed by atoms with Gasteiger partial charge in [0.1, 0.15) is 16.9 Å². The largest absolute Gasteiger partial charge is 0.481 e. The lowest BCUT2D eigenvalue weighted by Crippen LogP contribution is -1.89. The lowest BCUT2D eigenvalue weighted by Gasteiger charge is -2.05. The van der Waals surface area contributed by atoms with Gasteiger partial charge in [0.05, 0.1) is 5.02 Å². The highest BCUT2D eigenvalue weighted by molar-refractivity contribution is 6.42. The van der Waals surface area contributed by atoms with Crippen LogP contribution in [0.1, 0.15) is 12.8 Å². The fraction of sp³-hybridized carbons (Fsp3) is 0.222. The predicted molar refractivity (Wildman–Crippen MR) is 49.6 cm³/mol. The summed E-state index contributed by atoms with van der Waals surface area (Å²) in [5.74, 6) is 0.664. The fourth-order valence-corrected chi connectivity index (χ4v) is 1.20. The van der Waals surface area contributed by atoms with E-state index in [-0.39, 0.29) is 0 Å². The van der Waals surface area contributed by atoms with Crippen molar-refractivity contribution in [3.05, 3.63) is 34.3 Å². The molecule has 0 heterocycles. The van der Waals surface area contributed by atoms with Crippen LogP contribution in [-0.2, 0) is 0 Å². The van der Waals surface area contributed by atoms with Crippen molar-refractivity contribution >= 4 is 23.2 Å². The van der Waals surface area contributed by atoms with Gasteiger partial charge in [-0.05, 0) is 25.0 Å². The maximum Gasteiger partial charge on any atom is 0.149 e. The Bertz CT molecular complexity index is 295. The van der Waals surface area contributed by atoms with Crippen LogP contribution in [0.4, 0.5) is 0 Å². The maximum atomic E-state index is 5.89. The van der Waals surface area contributed by atoms with Gasteiger partial charge in [0.2, 0.25) is 0 Å². The summed E-state index contributed by atoms with van der Waals surface area (Å²) in [7, 11) is 0. The molecule has 1 aromatic carbocycles. The van der Waals surface area contributed by atoms with E-state index in [1.807, 2.05) is 12.1 Å². The van der Waals surface area contributed by atoms with Gasteiger partial charge in [-0.2, -0.15) is 0 Å². The van der Waals surface area contributed by atoms with E-state index >= 15 is 0 Å². The SMILES string of the molecule is Clc1cccc(O[C]2CC2)c1Cl. The Morgan fingerprint density at radius 1 is 1.17 bits per heavy atom. The highest BCUT2D eigenvalue weighted by Gasteiger charge is 2.26. The van der Waals surface area contributed by atoms with Crippen LogP contribution in [0, 0.1) is 6.10 Å². The van der Waals surface area contributed by atoms with Crippen LogP contribution in [0.25, 0.3) is 0 Å². The zero-order chi connectivity index (χ0) is 8.55. The van der Waals surface area contributed by atoms with Crippen LogP contribution in [0.2, 0.25) is 10.0 Å². The first-order valence-corrected chi connectivity index (χ1v) is 4.49. The Labute approximate surface area is 81.2 Å². The Morgan fingerprint density at radius 2 is 1.92 bits per heavy atom. The van der Waals surface area contributed by atoms with Gasteiger partial charge in [0.25, 0.3) is 0 Å². The molecule has 1 aromatic rings. The summed E-state index contributed by atoms with van der Waals surface area (Å²) in [6, 6.07) is 5.39. The molecule has 63 valence electrons. The van der Waals surface area contributed by atoms with Gasteiger partial charge in [-0.15, -0.1) is 0 Å². The van der Waals surface area contributed by atoms with Crippen LogP contribution in [0.5, 0.6) is 5.75 Å². The summed E-state index contributed by atoms with van der Waals surface area (Å²) in [6.07, 6.45) is 3.17. The van der Waals surface area contributed by atoms with Crippen molar-refractivity contribution in [1.29, 1.82) is 0 Å². The second kappa shape index (κ2) is 3.15. The second-order valence-corrected chi connectivity index (χ2v) is 3.48. The Kier molecular flexibility index (Phi) is 2.16. The first-order valence-electron chi connectivity index (χ1n) is 3.74. The van der Waals surface area contributed by atoms with Gasteiger partial charge in [-0.1, -0.05) is 29.3 Å². The van der Waals surface area contributed by atoms with Gasteiger partial charge in [-0.3, -0.25) is 0 Å². The molecule has 0 saturated heterocycles. The average Bonchev–Trinajstić information content (AvgIpc) is 2.83. The molecule has 0 aliphatic heterocycles. The molecule has 1 fully saturated rings. The average molecular weight is 202 g/mol. The zero-order valence-electron chi connectivity index (χ0n) is 6.31. The Hall–Kier alpha value is -0.400. The third-order valence-electron chi connectivity index (χ3n) is 1.62. The number of hydrogen-bond acceptors (Lipinski definition) is 1. The second-order valence-electron chi connectivity index (χ2n) is 2.69. The number of hydrogen-bond donors (Lipinski definition) is 0. The van der Waals surface area contributed by atoms with Gasteiger partial charge in [-0.25, -0.2) is 0 Å². The third kappa shape index (κ3) is 1.67. The molecule has 0 N–H and O–H groups in total. The van der Waals surface area contributed by atoms with Crippen LogP contribution in [-0.4, -0.2) is 0 Å². The van der Waals surface area contributed by atoms with E-state index in [0.717, 1.165) is 18.9 Å². The van der Waals surface area contributed by atoms with Gasteiger partial charge >= 0.3 is 0 Å². The topological polar surface area (TPSA) is 9.23 Å². The van der Waals surface area contributed by atoms with E-state index in [1.54, 1.807) is 6.07 Å². The minimum Gasteiger partial charge on any atom is -0.481 e. The zero-order valence-corrected chi connectivity index (χ0v) is 7.82. The molecule has 1 saturated carbocycles. The van der Waals surface area contributed by atoms with Crippen LogP contribution < -0.4 is 4.74 Å². The Morgan fingerprint density at radius 3 is 2.58 bits per heavy atom. The van der Waals surface area contributed by atoms with Crippen molar-refractivity contribution in [2.45, 2.75) is 12.8 Å². The molecule has 2 rings (SSSR count). The number of rotatable bonds is 2. The van der Waals surface area contributed by atoms with E-state index in [9.17, 15) is 0 Å². The van der Waals surface area contributed by atoms with Gasteiger partial charge < -0.3 is 4.74 Å². The fourth-order valence-electron chi connectivity index (χ4n) is 0.871. The van der Waals surface area contributed by atoms with E-state index in [2.05, 4.69) is 0 Å². The molecule has 0 spiro atoms. The Balaban J connectivity index is 2.23. The molecule has 0 aromatic heterocycles. The van der Waals surface area contributed by atoms with Crippen LogP contribution in [0.15, 0.2) is 18.2 Å². The van der Waals surface area contributed by atoms with Crippen molar-refractivity contribution in [2.24, 2.45) is 0 Å².